The Balaban J connectivity index is 3.16. The van der Waals surface area contributed by atoms with Gasteiger partial charge in [0.2, 0.25) is 0 Å². The molecule has 5 heteroatoms. The number of nitrogen functional groups attached to an aromatic ring is 1. The highest BCUT2D eigenvalue weighted by atomic mass is 35.5. The van der Waals surface area contributed by atoms with E-state index in [4.69, 9.17) is 22.6 Å². The molecule has 1 rings (SSSR count). The largest absolute Gasteiger partial charge is 0.397 e. The van der Waals surface area contributed by atoms with Crippen molar-refractivity contribution in [3.05, 3.63) is 23.0 Å². The molecule has 1 aromatic carbocycles. The van der Waals surface area contributed by atoms with Crippen LogP contribution in [-0.2, 0) is 0 Å². The SMILES string of the molecule is N#CSc1cc(Cl)c(N)cc1F. The molecule has 2 nitrogen and oxygen atoms in total. The van der Waals surface area contributed by atoms with E-state index in [2.05, 4.69) is 0 Å². The number of halogens is 2. The topological polar surface area (TPSA) is 49.8 Å². The van der Waals surface area contributed by atoms with Gasteiger partial charge < -0.3 is 5.73 Å². The molecule has 1 aromatic rings. The van der Waals surface area contributed by atoms with Gasteiger partial charge in [-0.3, -0.25) is 0 Å². The molecular formula is C7H4ClFN2S. The highest BCUT2D eigenvalue weighted by molar-refractivity contribution is 8.03. The fraction of sp³-hybridized carbons (Fsp3) is 0. The van der Waals surface area contributed by atoms with Crippen molar-refractivity contribution in [1.29, 1.82) is 5.26 Å². The molecule has 0 aliphatic carbocycles. The summed E-state index contributed by atoms with van der Waals surface area (Å²) in [6, 6.07) is 2.43. The van der Waals surface area contributed by atoms with E-state index in [1.807, 2.05) is 0 Å². The molecule has 0 saturated heterocycles. The van der Waals surface area contributed by atoms with E-state index < -0.39 is 5.82 Å². The summed E-state index contributed by atoms with van der Waals surface area (Å²) >= 11 is 6.32. The van der Waals surface area contributed by atoms with E-state index in [0.717, 1.165) is 6.07 Å². The molecule has 0 radical (unpaired) electrons. The minimum Gasteiger partial charge on any atom is -0.397 e. The third-order valence-electron chi connectivity index (χ3n) is 1.21. The summed E-state index contributed by atoms with van der Waals surface area (Å²) in [4.78, 5) is 0.191. The van der Waals surface area contributed by atoms with E-state index in [-0.39, 0.29) is 15.6 Å². The first kappa shape index (κ1) is 9.17. The fourth-order valence-electron chi connectivity index (χ4n) is 0.671. The van der Waals surface area contributed by atoms with Crippen LogP contribution in [-0.4, -0.2) is 0 Å². The van der Waals surface area contributed by atoms with Crippen molar-refractivity contribution in [2.24, 2.45) is 0 Å². The maximum absolute atomic E-state index is 12.9. The second-order valence-corrected chi connectivity index (χ2v) is 3.23. The summed E-state index contributed by atoms with van der Waals surface area (Å²) in [6.07, 6.45) is 0. The molecule has 0 unspecified atom stereocenters. The van der Waals surface area contributed by atoms with Crippen LogP contribution >= 0.6 is 23.4 Å². The molecule has 12 heavy (non-hydrogen) atoms. The molecule has 0 atom stereocenters. The first-order chi connectivity index (χ1) is 5.65. The van der Waals surface area contributed by atoms with Crippen molar-refractivity contribution in [3.63, 3.8) is 0 Å². The maximum atomic E-state index is 12.9. The van der Waals surface area contributed by atoms with Crippen LogP contribution in [0.3, 0.4) is 0 Å². The number of thioether (sulfide) groups is 1. The molecule has 0 saturated carbocycles. The number of benzene rings is 1. The van der Waals surface area contributed by atoms with Crippen molar-refractivity contribution in [2.75, 3.05) is 5.73 Å². The normalized spacial score (nSPS) is 9.42. The second-order valence-electron chi connectivity index (χ2n) is 2.00. The Bertz CT molecular complexity index is 348. The number of anilines is 1. The number of nitriles is 1. The van der Waals surface area contributed by atoms with Crippen molar-refractivity contribution >= 4 is 29.1 Å². The van der Waals surface area contributed by atoms with Crippen LogP contribution in [0, 0.1) is 16.5 Å². The lowest BCUT2D eigenvalue weighted by atomic mass is 10.3. The van der Waals surface area contributed by atoms with Crippen LogP contribution in [0.1, 0.15) is 0 Å². The maximum Gasteiger partial charge on any atom is 0.139 e. The van der Waals surface area contributed by atoms with E-state index >= 15 is 0 Å². The van der Waals surface area contributed by atoms with Crippen LogP contribution in [0.2, 0.25) is 5.02 Å². The zero-order valence-corrected chi connectivity index (χ0v) is 7.42. The molecule has 0 aliphatic heterocycles. The van der Waals surface area contributed by atoms with Gasteiger partial charge in [-0.15, -0.1) is 0 Å². The molecule has 0 aliphatic rings. The molecular weight excluding hydrogens is 199 g/mol. The van der Waals surface area contributed by atoms with Crippen LogP contribution in [0.5, 0.6) is 0 Å². The highest BCUT2D eigenvalue weighted by Gasteiger charge is 2.06. The molecule has 0 bridgehead atoms. The summed E-state index contributed by atoms with van der Waals surface area (Å²) in [6.45, 7) is 0. The van der Waals surface area contributed by atoms with E-state index in [1.54, 1.807) is 5.40 Å². The molecule has 2 N–H and O–H groups in total. The number of hydrogen-bond acceptors (Lipinski definition) is 3. The molecule has 0 amide bonds. The van der Waals surface area contributed by atoms with Gasteiger partial charge in [-0.2, -0.15) is 5.26 Å². The quantitative estimate of drug-likeness (QED) is 0.433. The summed E-state index contributed by atoms with van der Waals surface area (Å²) in [7, 11) is 0. The van der Waals surface area contributed by atoms with Gasteiger partial charge in [-0.25, -0.2) is 4.39 Å². The number of nitrogens with zero attached hydrogens (tertiary/aromatic N) is 1. The smallest absolute Gasteiger partial charge is 0.139 e. The Hall–Kier alpha value is -0.920. The van der Waals surface area contributed by atoms with Gasteiger partial charge >= 0.3 is 0 Å². The van der Waals surface area contributed by atoms with E-state index in [1.165, 1.54) is 6.07 Å². The average Bonchev–Trinajstić information content (AvgIpc) is 2.01. The Kier molecular flexibility index (Phi) is 2.79. The van der Waals surface area contributed by atoms with Crippen LogP contribution in [0.15, 0.2) is 17.0 Å². The summed E-state index contributed by atoms with van der Waals surface area (Å²) in [5, 5.41) is 10.3. The number of nitrogens with two attached hydrogens (primary N) is 1. The Morgan fingerprint density at radius 2 is 2.25 bits per heavy atom. The van der Waals surface area contributed by atoms with Crippen LogP contribution in [0.4, 0.5) is 10.1 Å². The predicted octanol–water partition coefficient (Wildman–Crippen LogP) is 2.63. The first-order valence-corrected chi connectivity index (χ1v) is 4.15. The zero-order valence-electron chi connectivity index (χ0n) is 5.84. The lowest BCUT2D eigenvalue weighted by Gasteiger charge is -2.00. The van der Waals surface area contributed by atoms with Gasteiger partial charge in [0.25, 0.3) is 0 Å². The molecule has 62 valence electrons. The second kappa shape index (κ2) is 3.65. The third kappa shape index (κ3) is 1.81. The Labute approximate surface area is 78.1 Å². The number of rotatable bonds is 1. The molecule has 0 fully saturated rings. The van der Waals surface area contributed by atoms with Crippen LogP contribution in [0.25, 0.3) is 0 Å². The summed E-state index contributed by atoms with van der Waals surface area (Å²) in [5.74, 6) is -0.525. The van der Waals surface area contributed by atoms with Gasteiger partial charge in [-0.05, 0) is 23.9 Å². The van der Waals surface area contributed by atoms with Crippen molar-refractivity contribution in [1.82, 2.24) is 0 Å². The average molecular weight is 203 g/mol. The molecule has 0 spiro atoms. The monoisotopic (exact) mass is 202 g/mol. The predicted molar refractivity (Wildman–Crippen MR) is 47.3 cm³/mol. The van der Waals surface area contributed by atoms with Crippen molar-refractivity contribution in [3.8, 4) is 5.40 Å². The van der Waals surface area contributed by atoms with Gasteiger partial charge in [0, 0.05) is 0 Å². The molecule has 0 aromatic heterocycles. The highest BCUT2D eigenvalue weighted by Crippen LogP contribution is 2.28. The number of thiocyanates is 1. The van der Waals surface area contributed by atoms with Crippen molar-refractivity contribution in [2.45, 2.75) is 4.90 Å². The van der Waals surface area contributed by atoms with Gasteiger partial charge in [-0.1, -0.05) is 11.6 Å². The van der Waals surface area contributed by atoms with E-state index in [0.29, 0.717) is 11.8 Å². The van der Waals surface area contributed by atoms with Gasteiger partial charge in [0.15, 0.2) is 0 Å². The number of hydrogen-bond donors (Lipinski definition) is 1. The summed E-state index contributed by atoms with van der Waals surface area (Å²) in [5.41, 5.74) is 5.50. The van der Waals surface area contributed by atoms with Crippen molar-refractivity contribution < 1.29 is 4.39 Å². The fourth-order valence-corrected chi connectivity index (χ4v) is 1.33. The first-order valence-electron chi connectivity index (χ1n) is 2.95. The van der Waals surface area contributed by atoms with Gasteiger partial charge in [0.1, 0.15) is 11.2 Å². The van der Waals surface area contributed by atoms with E-state index in [9.17, 15) is 4.39 Å². The zero-order chi connectivity index (χ0) is 9.14. The standard InChI is InChI=1S/C7H4ClFN2S/c8-4-1-7(12-3-10)5(9)2-6(4)11/h1-2H,11H2. The molecule has 0 heterocycles. The Morgan fingerprint density at radius 1 is 1.58 bits per heavy atom. The third-order valence-corrected chi connectivity index (χ3v) is 2.16. The minimum atomic E-state index is -0.525. The minimum absolute atomic E-state index is 0.177. The Morgan fingerprint density at radius 3 is 2.83 bits per heavy atom. The van der Waals surface area contributed by atoms with Gasteiger partial charge in [0.05, 0.1) is 15.6 Å². The van der Waals surface area contributed by atoms with Crippen LogP contribution < -0.4 is 5.73 Å². The lowest BCUT2D eigenvalue weighted by Crippen LogP contribution is -1.89. The summed E-state index contributed by atoms with van der Waals surface area (Å²) < 4.78 is 12.9. The lowest BCUT2D eigenvalue weighted by molar-refractivity contribution is 0.603.